The minimum Gasteiger partial charge on any atom is -0.480 e. The number of nitrogens with one attached hydrogen (secondary N) is 1. The quantitative estimate of drug-likeness (QED) is 0.497. The SMILES string of the molecule is C=C(NC(CCC)CCC)N1C(=O)[C@H](CCCc2cccc(Cl)c2)[C@H]1C(=O)O. The highest BCUT2D eigenvalue weighted by molar-refractivity contribution is 6.30. The number of nitrogens with zero attached hydrogens (tertiary/aromatic N) is 1. The molecule has 1 saturated heterocycles. The lowest BCUT2D eigenvalue weighted by Gasteiger charge is -2.46. The van der Waals surface area contributed by atoms with Crippen LogP contribution in [0.15, 0.2) is 36.7 Å². The zero-order valence-electron chi connectivity index (χ0n) is 16.8. The summed E-state index contributed by atoms with van der Waals surface area (Å²) in [5.41, 5.74) is 1.09. The molecule has 1 heterocycles. The molecule has 1 aliphatic rings. The third kappa shape index (κ3) is 5.51. The first-order chi connectivity index (χ1) is 13.4. The second-order valence-electron chi connectivity index (χ2n) is 7.49. The van der Waals surface area contributed by atoms with Crippen molar-refractivity contribution in [2.75, 3.05) is 0 Å². The fraction of sp³-hybridized carbons (Fsp3) is 0.545. The maximum atomic E-state index is 12.7. The number of amides is 1. The molecule has 0 unspecified atom stereocenters. The summed E-state index contributed by atoms with van der Waals surface area (Å²) in [6, 6.07) is 6.98. The Morgan fingerprint density at radius 1 is 1.32 bits per heavy atom. The molecule has 1 amide bonds. The summed E-state index contributed by atoms with van der Waals surface area (Å²) in [5.74, 6) is -1.21. The number of carbonyl (C=O) groups excluding carboxylic acids is 1. The normalized spacial score (nSPS) is 18.9. The van der Waals surface area contributed by atoms with Crippen LogP contribution in [0.1, 0.15) is 57.9 Å². The summed E-state index contributed by atoms with van der Waals surface area (Å²) in [4.78, 5) is 25.8. The van der Waals surface area contributed by atoms with Gasteiger partial charge in [0.25, 0.3) is 0 Å². The zero-order valence-corrected chi connectivity index (χ0v) is 17.5. The van der Waals surface area contributed by atoms with E-state index in [1.54, 1.807) is 0 Å². The molecular weight excluding hydrogens is 376 g/mol. The predicted molar refractivity (Wildman–Crippen MR) is 112 cm³/mol. The van der Waals surface area contributed by atoms with Crippen LogP contribution in [0.4, 0.5) is 0 Å². The lowest BCUT2D eigenvalue weighted by molar-refractivity contribution is -0.168. The first kappa shape index (κ1) is 22.3. The second kappa shape index (κ2) is 10.5. The van der Waals surface area contributed by atoms with E-state index in [0.717, 1.165) is 44.1 Å². The highest BCUT2D eigenvalue weighted by Crippen LogP contribution is 2.34. The van der Waals surface area contributed by atoms with Gasteiger partial charge in [-0.3, -0.25) is 9.69 Å². The van der Waals surface area contributed by atoms with Crippen LogP contribution in [0.3, 0.4) is 0 Å². The molecule has 2 N–H and O–H groups in total. The Hall–Kier alpha value is -2.01. The summed E-state index contributed by atoms with van der Waals surface area (Å²) in [6.45, 7) is 8.17. The summed E-state index contributed by atoms with van der Waals surface area (Å²) in [7, 11) is 0. The van der Waals surface area contributed by atoms with Gasteiger partial charge in [-0.05, 0) is 49.8 Å². The number of halogens is 1. The molecule has 1 aliphatic heterocycles. The lowest BCUT2D eigenvalue weighted by atomic mass is 9.83. The van der Waals surface area contributed by atoms with E-state index in [4.69, 9.17) is 11.6 Å². The highest BCUT2D eigenvalue weighted by Gasteiger charge is 2.52. The van der Waals surface area contributed by atoms with Gasteiger partial charge in [-0.15, -0.1) is 0 Å². The van der Waals surface area contributed by atoms with Crippen molar-refractivity contribution in [1.29, 1.82) is 0 Å². The van der Waals surface area contributed by atoms with Gasteiger partial charge < -0.3 is 10.4 Å². The summed E-state index contributed by atoms with van der Waals surface area (Å²) in [6.07, 6.45) is 6.03. The molecular formula is C22H31ClN2O3. The van der Waals surface area contributed by atoms with E-state index in [1.165, 1.54) is 4.90 Å². The van der Waals surface area contributed by atoms with Crippen molar-refractivity contribution in [2.45, 2.75) is 70.9 Å². The van der Waals surface area contributed by atoms with Crippen molar-refractivity contribution in [3.63, 3.8) is 0 Å². The Morgan fingerprint density at radius 3 is 2.57 bits per heavy atom. The second-order valence-corrected chi connectivity index (χ2v) is 7.92. The van der Waals surface area contributed by atoms with Crippen molar-refractivity contribution in [1.82, 2.24) is 10.2 Å². The van der Waals surface area contributed by atoms with Crippen LogP contribution in [-0.4, -0.2) is 34.0 Å². The molecule has 0 saturated carbocycles. The molecule has 1 aromatic rings. The Labute approximate surface area is 172 Å². The van der Waals surface area contributed by atoms with Gasteiger partial charge in [-0.2, -0.15) is 0 Å². The van der Waals surface area contributed by atoms with E-state index >= 15 is 0 Å². The molecule has 2 atom stereocenters. The molecule has 6 heteroatoms. The molecule has 0 spiro atoms. The molecule has 154 valence electrons. The summed E-state index contributed by atoms with van der Waals surface area (Å²) < 4.78 is 0. The third-order valence-corrected chi connectivity index (χ3v) is 5.51. The number of benzene rings is 1. The smallest absolute Gasteiger partial charge is 0.327 e. The Balaban J connectivity index is 1.94. The van der Waals surface area contributed by atoms with E-state index in [2.05, 4.69) is 25.7 Å². The maximum absolute atomic E-state index is 12.7. The van der Waals surface area contributed by atoms with Crippen molar-refractivity contribution >= 4 is 23.5 Å². The van der Waals surface area contributed by atoms with Gasteiger partial charge in [0.1, 0.15) is 11.9 Å². The largest absolute Gasteiger partial charge is 0.480 e. The Bertz CT molecular complexity index is 701. The molecule has 2 rings (SSSR count). The minimum absolute atomic E-state index is 0.150. The molecule has 0 aliphatic carbocycles. The summed E-state index contributed by atoms with van der Waals surface area (Å²) in [5, 5.41) is 13.6. The zero-order chi connectivity index (χ0) is 20.7. The van der Waals surface area contributed by atoms with Crippen molar-refractivity contribution in [2.24, 2.45) is 5.92 Å². The fourth-order valence-electron chi connectivity index (χ4n) is 3.92. The Kier molecular flexibility index (Phi) is 8.36. The van der Waals surface area contributed by atoms with Crippen LogP contribution in [-0.2, 0) is 16.0 Å². The number of carboxylic acid groups (broad SMARTS) is 1. The summed E-state index contributed by atoms with van der Waals surface area (Å²) >= 11 is 6.00. The van der Waals surface area contributed by atoms with Crippen LogP contribution in [0.25, 0.3) is 0 Å². The van der Waals surface area contributed by atoms with Crippen LogP contribution in [0, 0.1) is 5.92 Å². The first-order valence-corrected chi connectivity index (χ1v) is 10.5. The van der Waals surface area contributed by atoms with Crippen LogP contribution in [0.2, 0.25) is 5.02 Å². The number of hydrogen-bond acceptors (Lipinski definition) is 3. The molecule has 1 aromatic carbocycles. The van der Waals surface area contributed by atoms with E-state index in [0.29, 0.717) is 17.3 Å². The standard InChI is InChI=1S/C22H31ClN2O3/c1-4-8-18(9-5-2)24-15(3)25-20(22(27)28)19(21(25)26)13-7-11-16-10-6-12-17(23)14-16/h6,10,12,14,18-20,24H,3-5,7-9,11,13H2,1-2H3,(H,27,28)/t19-,20+/m1/s1. The predicted octanol–water partition coefficient (Wildman–Crippen LogP) is 4.60. The van der Waals surface area contributed by atoms with Crippen molar-refractivity contribution < 1.29 is 14.7 Å². The third-order valence-electron chi connectivity index (χ3n) is 5.27. The van der Waals surface area contributed by atoms with Gasteiger partial charge in [-0.25, -0.2) is 4.79 Å². The van der Waals surface area contributed by atoms with Gasteiger partial charge in [0.05, 0.1) is 5.92 Å². The van der Waals surface area contributed by atoms with E-state index < -0.39 is 17.9 Å². The lowest BCUT2D eigenvalue weighted by Crippen LogP contribution is -2.65. The van der Waals surface area contributed by atoms with Crippen molar-refractivity contribution in [3.05, 3.63) is 47.3 Å². The van der Waals surface area contributed by atoms with E-state index in [1.807, 2.05) is 24.3 Å². The van der Waals surface area contributed by atoms with Gasteiger partial charge in [-0.1, -0.05) is 57.0 Å². The topological polar surface area (TPSA) is 69.6 Å². The average molecular weight is 407 g/mol. The monoisotopic (exact) mass is 406 g/mol. The van der Waals surface area contributed by atoms with Crippen LogP contribution in [0.5, 0.6) is 0 Å². The number of carbonyl (C=O) groups is 2. The number of aliphatic carboxylic acids is 1. The van der Waals surface area contributed by atoms with Gasteiger partial charge in [0.15, 0.2) is 0 Å². The molecule has 5 nitrogen and oxygen atoms in total. The number of aryl methyl sites for hydroxylation is 1. The molecule has 1 fully saturated rings. The molecule has 0 radical (unpaired) electrons. The maximum Gasteiger partial charge on any atom is 0.327 e. The number of rotatable bonds is 12. The van der Waals surface area contributed by atoms with Crippen LogP contribution >= 0.6 is 11.6 Å². The van der Waals surface area contributed by atoms with Crippen LogP contribution < -0.4 is 5.32 Å². The molecule has 0 aromatic heterocycles. The average Bonchev–Trinajstić information content (AvgIpc) is 2.63. The molecule has 28 heavy (non-hydrogen) atoms. The minimum atomic E-state index is -0.974. The van der Waals surface area contributed by atoms with Crippen molar-refractivity contribution in [3.8, 4) is 0 Å². The highest BCUT2D eigenvalue weighted by atomic mass is 35.5. The van der Waals surface area contributed by atoms with Gasteiger partial charge in [0, 0.05) is 11.1 Å². The number of β-lactam (4-membered cyclic amide) rings is 1. The van der Waals surface area contributed by atoms with E-state index in [9.17, 15) is 14.7 Å². The first-order valence-electron chi connectivity index (χ1n) is 10.1. The van der Waals surface area contributed by atoms with Gasteiger partial charge >= 0.3 is 5.97 Å². The molecule has 0 bridgehead atoms. The number of likely N-dealkylation sites (tertiary alicyclic amines) is 1. The number of carboxylic acids is 1. The fourth-order valence-corrected chi connectivity index (χ4v) is 4.14. The van der Waals surface area contributed by atoms with E-state index in [-0.39, 0.29) is 11.9 Å². The Morgan fingerprint density at radius 2 is 2.00 bits per heavy atom. The number of hydrogen-bond donors (Lipinski definition) is 2. The van der Waals surface area contributed by atoms with Gasteiger partial charge in [0.2, 0.25) is 5.91 Å².